The van der Waals surface area contributed by atoms with E-state index in [1.807, 2.05) is 57.2 Å². The Balaban J connectivity index is 0.000000474. The van der Waals surface area contributed by atoms with Crippen molar-refractivity contribution in [1.82, 2.24) is 20.1 Å². The Hall–Kier alpha value is -4.67. The standard InChI is InChI=1S/C36H41ClN4O4.C16H33NO.C2H6/c1-8-20(2)32-25(11-10-14-29(32)38-34(43)28-19-41(18-22(4)42)23(5)40(6)36(28)44)26-12-9-13-27(33(26)37)30-17-24-16-15-21(3)31(24)35(39-30)45-7;1-7-13(5)11-12-16(9-3,10-4)17-15(18)14(6)8-2;1-2/h9-14,17,19-22,42H,5,8,15-16,18H2,1-4,6-7H3,(H,38,43);13-14H,7-12H2,1-6H3,(H,17,18);1-2H3. The van der Waals surface area contributed by atoms with Gasteiger partial charge in [-0.25, -0.2) is 4.98 Å². The molecule has 0 bridgehead atoms. The number of methoxy groups -OCH3 is 1. The van der Waals surface area contributed by atoms with Crippen LogP contribution >= 0.6 is 11.6 Å². The van der Waals surface area contributed by atoms with Gasteiger partial charge in [0.25, 0.3) is 11.8 Å². The lowest BCUT2D eigenvalue weighted by molar-refractivity contribution is -0.129. The minimum absolute atomic E-state index is 0.0178. The van der Waals surface area contributed by atoms with Crippen LogP contribution in [0.15, 0.2) is 66.6 Å². The van der Waals surface area contributed by atoms with Gasteiger partial charge in [-0.1, -0.05) is 131 Å². The molecule has 5 rings (SSSR count). The summed E-state index contributed by atoms with van der Waals surface area (Å²) >= 11 is 7.20. The summed E-state index contributed by atoms with van der Waals surface area (Å²) < 4.78 is 5.71. The maximum absolute atomic E-state index is 13.7. The molecule has 3 N–H and O–H groups in total. The summed E-state index contributed by atoms with van der Waals surface area (Å²) in [5.74, 6) is 1.59. The van der Waals surface area contributed by atoms with Gasteiger partial charge in [0.1, 0.15) is 11.4 Å². The maximum Gasteiger partial charge on any atom is 0.266 e. The van der Waals surface area contributed by atoms with Crippen LogP contribution in [-0.2, 0) is 20.8 Å². The first-order valence-corrected chi connectivity index (χ1v) is 24.5. The van der Waals surface area contributed by atoms with Crippen molar-refractivity contribution in [2.45, 2.75) is 164 Å². The number of aliphatic hydroxyl groups is 1. The zero-order valence-corrected chi connectivity index (χ0v) is 42.8. The van der Waals surface area contributed by atoms with Gasteiger partial charge in [0.05, 0.1) is 23.9 Å². The van der Waals surface area contributed by atoms with Gasteiger partial charge in [0.15, 0.2) is 0 Å². The first-order valence-electron chi connectivity index (χ1n) is 24.2. The van der Waals surface area contributed by atoms with Crippen molar-refractivity contribution < 1.29 is 24.2 Å². The van der Waals surface area contributed by atoms with Crippen LogP contribution in [0.1, 0.15) is 163 Å². The molecule has 0 saturated heterocycles. The first kappa shape index (κ1) is 54.7. The Morgan fingerprint density at radius 2 is 1.62 bits per heavy atom. The van der Waals surface area contributed by atoms with E-state index < -0.39 is 17.9 Å². The summed E-state index contributed by atoms with van der Waals surface area (Å²) in [6.07, 6.45) is 10.1. The molecule has 10 nitrogen and oxygen atoms in total. The van der Waals surface area contributed by atoms with Gasteiger partial charge in [-0.3, -0.25) is 19.3 Å². The van der Waals surface area contributed by atoms with Gasteiger partial charge in [-0.2, -0.15) is 0 Å². The molecule has 2 aromatic carbocycles. The van der Waals surface area contributed by atoms with Crippen LogP contribution in [0, 0.1) is 11.8 Å². The number of ether oxygens (including phenoxy) is 1. The molecule has 358 valence electrons. The Labute approximate surface area is 396 Å². The van der Waals surface area contributed by atoms with Crippen LogP contribution in [0.4, 0.5) is 5.69 Å². The molecule has 3 amide bonds. The third-order valence-electron chi connectivity index (χ3n) is 13.5. The van der Waals surface area contributed by atoms with Crippen LogP contribution in [0.5, 0.6) is 5.88 Å². The van der Waals surface area contributed by atoms with Crippen molar-refractivity contribution in [3.8, 4) is 28.3 Å². The quantitative estimate of drug-likeness (QED) is 0.109. The van der Waals surface area contributed by atoms with E-state index in [9.17, 15) is 19.5 Å². The third-order valence-corrected chi connectivity index (χ3v) is 13.9. The predicted molar refractivity (Wildman–Crippen MR) is 270 cm³/mol. The Morgan fingerprint density at radius 3 is 2.20 bits per heavy atom. The Morgan fingerprint density at radius 1 is 0.985 bits per heavy atom. The molecule has 65 heavy (non-hydrogen) atoms. The highest BCUT2D eigenvalue weighted by Gasteiger charge is 2.33. The minimum Gasteiger partial charge on any atom is -0.481 e. The number of rotatable bonds is 18. The van der Waals surface area contributed by atoms with E-state index in [2.05, 4.69) is 78.7 Å². The molecule has 0 saturated carbocycles. The molecule has 5 atom stereocenters. The number of nitrogens with one attached hydrogen (secondary N) is 2. The smallest absolute Gasteiger partial charge is 0.266 e. The zero-order chi connectivity index (χ0) is 48.8. The van der Waals surface area contributed by atoms with Crippen molar-refractivity contribution in [2.24, 2.45) is 11.8 Å². The lowest BCUT2D eigenvalue weighted by Gasteiger charge is -2.35. The largest absolute Gasteiger partial charge is 0.481 e. The number of nitrogens with zero attached hydrogens (tertiary/aromatic N) is 3. The first-order chi connectivity index (χ1) is 30.9. The topological polar surface area (TPSA) is 124 Å². The fourth-order valence-electron chi connectivity index (χ4n) is 8.41. The number of aromatic nitrogens is 1. The lowest BCUT2D eigenvalue weighted by atomic mass is 9.84. The summed E-state index contributed by atoms with van der Waals surface area (Å²) in [5, 5.41) is 16.8. The molecule has 1 aromatic heterocycles. The van der Waals surface area contributed by atoms with Crippen LogP contribution in [0.3, 0.4) is 0 Å². The highest BCUT2D eigenvalue weighted by atomic mass is 35.5. The van der Waals surface area contributed by atoms with Gasteiger partial charge in [-0.05, 0) is 105 Å². The van der Waals surface area contributed by atoms with Gasteiger partial charge in [-0.15, -0.1) is 0 Å². The molecule has 2 heterocycles. The SMILES string of the molecule is C=C1N(CC(C)O)C=C(C(=O)Nc2cccc(-c3cccc(-c4cc5c(c(OC)n4)C(C)CC5)c3Cl)c2C(C)CC)C(=O)N1C.CC.CCC(C)CCC(CC)(CC)NC(=O)C(C)CC. The lowest BCUT2D eigenvalue weighted by Crippen LogP contribution is -2.49. The number of hydrogen-bond acceptors (Lipinski definition) is 7. The van der Waals surface area contributed by atoms with Gasteiger partial charge < -0.3 is 25.4 Å². The molecular weight excluding hydrogens is 834 g/mol. The molecule has 2 aliphatic rings. The van der Waals surface area contributed by atoms with Gasteiger partial charge in [0.2, 0.25) is 11.8 Å². The molecule has 0 fully saturated rings. The van der Waals surface area contributed by atoms with E-state index in [-0.39, 0.29) is 35.4 Å². The molecular formula is C54H80ClN5O5. The van der Waals surface area contributed by atoms with Crippen molar-refractivity contribution in [1.29, 1.82) is 0 Å². The number of halogens is 1. The Kier molecular flexibility index (Phi) is 21.3. The molecule has 1 aliphatic heterocycles. The average molecular weight is 915 g/mol. The van der Waals surface area contributed by atoms with E-state index >= 15 is 0 Å². The summed E-state index contributed by atoms with van der Waals surface area (Å²) in [4.78, 5) is 46.7. The van der Waals surface area contributed by atoms with Crippen molar-refractivity contribution >= 4 is 35.0 Å². The number of anilines is 1. The number of likely N-dealkylation sites (N-methyl/N-ethyl adjacent to an activating group) is 1. The summed E-state index contributed by atoms with van der Waals surface area (Å²) in [7, 11) is 3.22. The van der Waals surface area contributed by atoms with E-state index in [0.29, 0.717) is 28.3 Å². The number of carbonyl (C=O) groups excluding carboxylic acids is 3. The van der Waals surface area contributed by atoms with Crippen molar-refractivity contribution in [3.05, 3.63) is 88.4 Å². The van der Waals surface area contributed by atoms with Crippen LogP contribution in [0.25, 0.3) is 22.4 Å². The predicted octanol–water partition coefficient (Wildman–Crippen LogP) is 12.6. The fourth-order valence-corrected chi connectivity index (χ4v) is 8.74. The van der Waals surface area contributed by atoms with E-state index in [1.165, 1.54) is 35.1 Å². The highest BCUT2D eigenvalue weighted by molar-refractivity contribution is 6.36. The second kappa shape index (κ2) is 25.3. The number of β-amino-alcohol motifs (C(OH)–C–C–N with tert-alkyl or cyclic N) is 1. The maximum atomic E-state index is 13.7. The summed E-state index contributed by atoms with van der Waals surface area (Å²) in [6.45, 7) is 29.2. The van der Waals surface area contributed by atoms with E-state index in [4.69, 9.17) is 21.3 Å². The van der Waals surface area contributed by atoms with Crippen LogP contribution in [-0.4, -0.2) is 70.0 Å². The monoisotopic (exact) mass is 914 g/mol. The second-order valence-corrected chi connectivity index (χ2v) is 18.3. The van der Waals surface area contributed by atoms with Gasteiger partial charge in [0, 0.05) is 53.6 Å². The summed E-state index contributed by atoms with van der Waals surface area (Å²) in [5.41, 5.74) is 7.18. The molecule has 11 heteroatoms. The number of fused-ring (bicyclic) bond motifs is 1. The van der Waals surface area contributed by atoms with Crippen molar-refractivity contribution in [2.75, 3.05) is 26.0 Å². The van der Waals surface area contributed by atoms with E-state index in [0.717, 1.165) is 78.8 Å². The number of aryl methyl sites for hydroxylation is 1. The third kappa shape index (κ3) is 13.2. The molecule has 0 spiro atoms. The number of carbonyl (C=O) groups is 3. The van der Waals surface area contributed by atoms with Gasteiger partial charge >= 0.3 is 0 Å². The number of amides is 3. The summed E-state index contributed by atoms with van der Waals surface area (Å²) in [6, 6.07) is 13.8. The molecule has 1 aliphatic carbocycles. The van der Waals surface area contributed by atoms with E-state index in [1.54, 1.807) is 26.0 Å². The van der Waals surface area contributed by atoms with Crippen LogP contribution < -0.4 is 15.4 Å². The number of hydrogen-bond donors (Lipinski definition) is 3. The molecule has 5 unspecified atom stereocenters. The zero-order valence-electron chi connectivity index (χ0n) is 42.1. The average Bonchev–Trinajstić information content (AvgIpc) is 3.70. The molecule has 0 radical (unpaired) electrons. The highest BCUT2D eigenvalue weighted by Crippen LogP contribution is 2.45. The van der Waals surface area contributed by atoms with Crippen molar-refractivity contribution in [3.63, 3.8) is 0 Å². The number of pyridine rings is 1. The number of aliphatic hydroxyl groups excluding tert-OH is 1. The second-order valence-electron chi connectivity index (χ2n) is 17.9. The fraction of sp³-hybridized carbons (Fsp3) is 0.556. The number of benzene rings is 2. The van der Waals surface area contributed by atoms with Crippen LogP contribution in [0.2, 0.25) is 5.02 Å². The molecule has 3 aromatic rings. The normalized spacial score (nSPS) is 16.5. The Bertz CT molecular complexity index is 2130. The minimum atomic E-state index is -0.685.